The van der Waals surface area contributed by atoms with Gasteiger partial charge in [0, 0.05) is 13.0 Å². The highest BCUT2D eigenvalue weighted by atomic mass is 32.2. The number of amides is 1. The fourth-order valence-corrected chi connectivity index (χ4v) is 6.33. The number of benzene rings is 3. The molecule has 0 aliphatic carbocycles. The van der Waals surface area contributed by atoms with E-state index < -0.39 is 34.0 Å². The van der Waals surface area contributed by atoms with Crippen molar-refractivity contribution < 1.29 is 23.1 Å². The van der Waals surface area contributed by atoms with E-state index in [9.17, 15) is 28.4 Å². The summed E-state index contributed by atoms with van der Waals surface area (Å²) in [6, 6.07) is 23.1. The minimum Gasteiger partial charge on any atom is -0.480 e. The lowest BCUT2D eigenvalue weighted by molar-refractivity contribution is -0.142. The topological polar surface area (TPSA) is 128 Å². The molecule has 0 unspecified atom stereocenters. The van der Waals surface area contributed by atoms with Gasteiger partial charge in [-0.1, -0.05) is 72.8 Å². The number of rotatable bonds is 9. The predicted octanol–water partition coefficient (Wildman–Crippen LogP) is 3.33. The van der Waals surface area contributed by atoms with E-state index in [0.717, 1.165) is 11.1 Å². The van der Waals surface area contributed by atoms with E-state index in [0.29, 0.717) is 29.5 Å². The second kappa shape index (κ2) is 11.4. The average molecular weight is 518 g/mol. The van der Waals surface area contributed by atoms with Crippen LogP contribution < -0.4 is 5.32 Å². The molecule has 1 fully saturated rings. The van der Waals surface area contributed by atoms with Crippen LogP contribution >= 0.6 is 0 Å². The molecule has 1 aliphatic rings. The van der Waals surface area contributed by atoms with Crippen LogP contribution in [0.1, 0.15) is 29.5 Å². The zero-order valence-electron chi connectivity index (χ0n) is 20.1. The smallest absolute Gasteiger partial charge is 0.326 e. The highest BCUT2D eigenvalue weighted by molar-refractivity contribution is 7.88. The fraction of sp³-hybridized carbons (Fsp3) is 0.250. The van der Waals surface area contributed by atoms with Crippen LogP contribution in [0.5, 0.6) is 0 Å². The number of nitrogens with one attached hydrogen (secondary N) is 1. The molecule has 0 saturated carbocycles. The average Bonchev–Trinajstić information content (AvgIpc) is 3.40. The van der Waals surface area contributed by atoms with Crippen molar-refractivity contribution in [2.24, 2.45) is 0 Å². The highest BCUT2D eigenvalue weighted by Crippen LogP contribution is 2.25. The normalized spacial score (nSPS) is 16.6. The predicted molar refractivity (Wildman–Crippen MR) is 139 cm³/mol. The molecule has 190 valence electrons. The molecule has 37 heavy (non-hydrogen) atoms. The van der Waals surface area contributed by atoms with E-state index in [4.69, 9.17) is 0 Å². The summed E-state index contributed by atoms with van der Waals surface area (Å²) in [5, 5.41) is 21.6. The molecule has 9 heteroatoms. The minimum atomic E-state index is -3.76. The first-order valence-electron chi connectivity index (χ1n) is 11.9. The van der Waals surface area contributed by atoms with Crippen LogP contribution in [0.15, 0.2) is 78.9 Å². The number of carboxylic acid groups (broad SMARTS) is 1. The second-order valence-corrected chi connectivity index (χ2v) is 10.9. The SMILES string of the molecule is N#Cc1ccccc1-c1ccc(C[C@H](NC(=O)[C@@H]2CCCN2S(=O)(=O)Cc2ccccc2)C(=O)O)cc1. The maximum absolute atomic E-state index is 13.1. The zero-order chi connectivity index (χ0) is 26.4. The van der Waals surface area contributed by atoms with Gasteiger partial charge in [-0.25, -0.2) is 13.2 Å². The molecule has 4 rings (SSSR count). The van der Waals surface area contributed by atoms with E-state index in [1.807, 2.05) is 12.1 Å². The molecule has 1 heterocycles. The third kappa shape index (κ3) is 6.23. The fourth-order valence-electron chi connectivity index (χ4n) is 4.56. The molecule has 0 bridgehead atoms. The zero-order valence-corrected chi connectivity index (χ0v) is 20.9. The molecule has 0 aromatic heterocycles. The number of carbonyl (C=O) groups excluding carboxylic acids is 1. The maximum atomic E-state index is 13.1. The monoisotopic (exact) mass is 517 g/mol. The molecular weight excluding hydrogens is 490 g/mol. The van der Waals surface area contributed by atoms with Crippen LogP contribution in [-0.4, -0.2) is 48.3 Å². The molecule has 1 aliphatic heterocycles. The molecule has 1 saturated heterocycles. The van der Waals surface area contributed by atoms with Gasteiger partial charge in [0.1, 0.15) is 12.1 Å². The molecule has 0 radical (unpaired) electrons. The first-order chi connectivity index (χ1) is 17.8. The van der Waals surface area contributed by atoms with Gasteiger partial charge in [-0.05, 0) is 41.2 Å². The van der Waals surface area contributed by atoms with Crippen LogP contribution in [-0.2, 0) is 31.8 Å². The van der Waals surface area contributed by atoms with Crippen LogP contribution in [0.4, 0.5) is 0 Å². The van der Waals surface area contributed by atoms with Crippen molar-refractivity contribution >= 4 is 21.9 Å². The summed E-state index contributed by atoms with van der Waals surface area (Å²) < 4.78 is 27.3. The number of aliphatic carboxylic acids is 1. The Hall–Kier alpha value is -4.00. The quantitative estimate of drug-likeness (QED) is 0.448. The summed E-state index contributed by atoms with van der Waals surface area (Å²) in [6.07, 6.45) is 0.888. The number of nitrogens with zero attached hydrogens (tertiary/aromatic N) is 2. The van der Waals surface area contributed by atoms with E-state index >= 15 is 0 Å². The Morgan fingerprint density at radius 3 is 2.35 bits per heavy atom. The van der Waals surface area contributed by atoms with Gasteiger partial charge in [-0.2, -0.15) is 9.57 Å². The largest absolute Gasteiger partial charge is 0.480 e. The Balaban J connectivity index is 1.45. The van der Waals surface area contributed by atoms with Crippen LogP contribution in [0, 0.1) is 11.3 Å². The van der Waals surface area contributed by atoms with Gasteiger partial charge < -0.3 is 10.4 Å². The third-order valence-corrected chi connectivity index (χ3v) is 8.27. The lowest BCUT2D eigenvalue weighted by Crippen LogP contribution is -2.51. The number of carboxylic acids is 1. The Kier molecular flexibility index (Phi) is 8.01. The molecule has 0 spiro atoms. The van der Waals surface area contributed by atoms with Crippen LogP contribution in [0.3, 0.4) is 0 Å². The van der Waals surface area contributed by atoms with Gasteiger partial charge in [-0.15, -0.1) is 0 Å². The molecule has 2 atom stereocenters. The number of sulfonamides is 1. The lowest BCUT2D eigenvalue weighted by atomic mass is 9.97. The van der Waals surface area contributed by atoms with Crippen molar-refractivity contribution in [2.45, 2.75) is 37.1 Å². The van der Waals surface area contributed by atoms with E-state index in [1.165, 1.54) is 4.31 Å². The van der Waals surface area contributed by atoms with E-state index in [2.05, 4.69) is 11.4 Å². The van der Waals surface area contributed by atoms with Crippen molar-refractivity contribution in [3.63, 3.8) is 0 Å². The minimum absolute atomic E-state index is 0.0325. The van der Waals surface area contributed by atoms with Crippen molar-refractivity contribution in [1.82, 2.24) is 9.62 Å². The highest BCUT2D eigenvalue weighted by Gasteiger charge is 2.39. The van der Waals surface area contributed by atoms with E-state index in [1.54, 1.807) is 66.7 Å². The standard InChI is InChI=1S/C28H27N3O5S/c29-18-23-9-4-5-10-24(23)22-14-12-20(13-15-22)17-25(28(33)34)30-27(32)26-11-6-16-31(26)37(35,36)19-21-7-2-1-3-8-21/h1-5,7-10,12-15,25-26H,6,11,16-17,19H2,(H,30,32)(H,33,34)/t25-,26-/m0/s1. The molecular formula is C28H27N3O5S. The molecule has 8 nitrogen and oxygen atoms in total. The lowest BCUT2D eigenvalue weighted by Gasteiger charge is -2.25. The summed E-state index contributed by atoms with van der Waals surface area (Å²) in [5.41, 5.74) is 3.44. The Morgan fingerprint density at radius 1 is 1.00 bits per heavy atom. The molecule has 3 aromatic carbocycles. The number of hydrogen-bond donors (Lipinski definition) is 2. The summed E-state index contributed by atoms with van der Waals surface area (Å²) in [5.74, 6) is -2.04. The van der Waals surface area contributed by atoms with Crippen molar-refractivity contribution in [3.05, 3.63) is 95.6 Å². The Bertz CT molecular complexity index is 1420. The number of carbonyl (C=O) groups is 2. The third-order valence-electron chi connectivity index (χ3n) is 6.42. The van der Waals surface area contributed by atoms with Gasteiger partial charge in [0.15, 0.2) is 0 Å². The molecule has 2 N–H and O–H groups in total. The van der Waals surface area contributed by atoms with Crippen LogP contribution in [0.25, 0.3) is 11.1 Å². The van der Waals surface area contributed by atoms with E-state index in [-0.39, 0.29) is 18.7 Å². The summed E-state index contributed by atoms with van der Waals surface area (Å²) in [7, 11) is -3.76. The summed E-state index contributed by atoms with van der Waals surface area (Å²) in [4.78, 5) is 25.0. The maximum Gasteiger partial charge on any atom is 0.326 e. The van der Waals surface area contributed by atoms with Crippen molar-refractivity contribution in [2.75, 3.05) is 6.54 Å². The Morgan fingerprint density at radius 2 is 1.68 bits per heavy atom. The first-order valence-corrected chi connectivity index (χ1v) is 13.5. The summed E-state index contributed by atoms with van der Waals surface area (Å²) >= 11 is 0. The molecule has 3 aromatic rings. The van der Waals surface area contributed by atoms with Crippen LogP contribution in [0.2, 0.25) is 0 Å². The second-order valence-electron chi connectivity index (χ2n) is 8.97. The Labute approximate surface area is 216 Å². The van der Waals surface area contributed by atoms with Gasteiger partial charge in [0.2, 0.25) is 15.9 Å². The summed E-state index contributed by atoms with van der Waals surface area (Å²) in [6.45, 7) is 0.219. The van der Waals surface area contributed by atoms with Gasteiger partial charge in [0.05, 0.1) is 17.4 Å². The van der Waals surface area contributed by atoms with Crippen molar-refractivity contribution in [3.8, 4) is 17.2 Å². The molecule has 1 amide bonds. The number of nitriles is 1. The van der Waals surface area contributed by atoms with Gasteiger partial charge in [0.25, 0.3) is 0 Å². The van der Waals surface area contributed by atoms with Gasteiger partial charge >= 0.3 is 5.97 Å². The number of hydrogen-bond acceptors (Lipinski definition) is 5. The first kappa shape index (κ1) is 26.1. The van der Waals surface area contributed by atoms with Crippen molar-refractivity contribution in [1.29, 1.82) is 5.26 Å². The van der Waals surface area contributed by atoms with Gasteiger partial charge in [-0.3, -0.25) is 4.79 Å².